The van der Waals surface area contributed by atoms with Crippen LogP contribution in [0.4, 0.5) is 5.69 Å². The van der Waals surface area contributed by atoms with Crippen LogP contribution in [0.25, 0.3) is 0 Å². The molecule has 0 radical (unpaired) electrons. The predicted octanol–water partition coefficient (Wildman–Crippen LogP) is 4.28. The van der Waals surface area contributed by atoms with Gasteiger partial charge in [-0.25, -0.2) is 8.42 Å². The molecule has 0 saturated carbocycles. The summed E-state index contributed by atoms with van der Waals surface area (Å²) in [6, 6.07) is 14.3. The minimum absolute atomic E-state index is 0.0515. The van der Waals surface area contributed by atoms with E-state index in [0.29, 0.717) is 0 Å². The molecule has 0 spiro atoms. The maximum Gasteiger partial charge on any atom is 0.241 e. The van der Waals surface area contributed by atoms with E-state index < -0.39 is 15.9 Å². The standard InChI is InChI=1S/C21H27ClN2O3S/c1-15(16-10-12-17(13-11-16)21(2,3)4)23-20(25)14-24(28(5,26)27)19-9-7-6-8-18(19)22/h6-13,15H,14H2,1-5H3,(H,23,25)/t15-/m0/s1. The summed E-state index contributed by atoms with van der Waals surface area (Å²) in [7, 11) is -3.67. The van der Waals surface area contributed by atoms with Crippen LogP contribution >= 0.6 is 11.6 Å². The summed E-state index contributed by atoms with van der Waals surface area (Å²) in [5.41, 5.74) is 2.49. The molecule has 1 atom stereocenters. The molecule has 0 unspecified atom stereocenters. The molecule has 5 nitrogen and oxygen atoms in total. The Bertz CT molecular complexity index is 935. The Morgan fingerprint density at radius 3 is 2.18 bits per heavy atom. The zero-order chi connectivity index (χ0) is 21.1. The average molecular weight is 423 g/mol. The number of rotatable bonds is 6. The number of amides is 1. The molecule has 7 heteroatoms. The number of para-hydroxylation sites is 1. The second kappa shape index (κ2) is 8.53. The molecule has 1 amide bonds. The highest BCUT2D eigenvalue weighted by molar-refractivity contribution is 7.92. The van der Waals surface area contributed by atoms with Crippen LogP contribution in [0.15, 0.2) is 48.5 Å². The van der Waals surface area contributed by atoms with Gasteiger partial charge in [-0.15, -0.1) is 0 Å². The number of carbonyl (C=O) groups excluding carboxylic acids is 1. The van der Waals surface area contributed by atoms with Crippen LogP contribution in [0, 0.1) is 0 Å². The Kier molecular flexibility index (Phi) is 6.78. The Labute approximate surface area is 172 Å². The van der Waals surface area contributed by atoms with Crippen molar-refractivity contribution in [3.63, 3.8) is 0 Å². The fraction of sp³-hybridized carbons (Fsp3) is 0.381. The Hall–Kier alpha value is -2.05. The largest absolute Gasteiger partial charge is 0.348 e. The number of carbonyl (C=O) groups is 1. The summed E-state index contributed by atoms with van der Waals surface area (Å²) in [6.07, 6.45) is 1.05. The molecule has 0 aliphatic rings. The molecule has 0 saturated heterocycles. The van der Waals surface area contributed by atoms with Gasteiger partial charge < -0.3 is 5.32 Å². The second-order valence-electron chi connectivity index (χ2n) is 7.88. The Morgan fingerprint density at radius 1 is 1.11 bits per heavy atom. The van der Waals surface area contributed by atoms with Gasteiger partial charge in [-0.2, -0.15) is 0 Å². The van der Waals surface area contributed by atoms with E-state index in [0.717, 1.165) is 16.1 Å². The first kappa shape index (κ1) is 22.2. The molecule has 2 aromatic carbocycles. The van der Waals surface area contributed by atoms with Gasteiger partial charge in [0, 0.05) is 0 Å². The van der Waals surface area contributed by atoms with E-state index >= 15 is 0 Å². The van der Waals surface area contributed by atoms with Crippen LogP contribution in [0.5, 0.6) is 0 Å². The van der Waals surface area contributed by atoms with Gasteiger partial charge >= 0.3 is 0 Å². The minimum atomic E-state index is -3.67. The lowest BCUT2D eigenvalue weighted by molar-refractivity contribution is -0.120. The number of sulfonamides is 1. The third kappa shape index (κ3) is 5.72. The first-order valence-corrected chi connectivity index (χ1v) is 11.2. The van der Waals surface area contributed by atoms with Crippen molar-refractivity contribution in [1.29, 1.82) is 0 Å². The Balaban J connectivity index is 2.13. The summed E-state index contributed by atoms with van der Waals surface area (Å²) >= 11 is 6.12. The molecule has 0 fully saturated rings. The summed E-state index contributed by atoms with van der Waals surface area (Å²) < 4.78 is 25.4. The lowest BCUT2D eigenvalue weighted by Crippen LogP contribution is -2.41. The van der Waals surface area contributed by atoms with E-state index in [2.05, 4.69) is 26.1 Å². The predicted molar refractivity (Wildman–Crippen MR) is 115 cm³/mol. The zero-order valence-corrected chi connectivity index (χ0v) is 18.4. The van der Waals surface area contributed by atoms with Crippen LogP contribution in [0.1, 0.15) is 44.9 Å². The van der Waals surface area contributed by atoms with Crippen LogP contribution < -0.4 is 9.62 Å². The Morgan fingerprint density at radius 2 is 1.68 bits per heavy atom. The van der Waals surface area contributed by atoms with Gasteiger partial charge in [0.25, 0.3) is 0 Å². The van der Waals surface area contributed by atoms with Crippen molar-refractivity contribution in [1.82, 2.24) is 5.32 Å². The molecule has 1 N–H and O–H groups in total. The monoisotopic (exact) mass is 422 g/mol. The van der Waals surface area contributed by atoms with E-state index in [4.69, 9.17) is 11.6 Å². The van der Waals surface area contributed by atoms with Crippen LogP contribution in [-0.2, 0) is 20.2 Å². The van der Waals surface area contributed by atoms with Gasteiger partial charge in [-0.1, -0.05) is 68.8 Å². The molecule has 2 rings (SSSR count). The second-order valence-corrected chi connectivity index (χ2v) is 10.2. The lowest BCUT2D eigenvalue weighted by atomic mass is 9.86. The quantitative estimate of drug-likeness (QED) is 0.755. The fourth-order valence-electron chi connectivity index (χ4n) is 2.81. The topological polar surface area (TPSA) is 66.5 Å². The molecule has 0 aliphatic heterocycles. The van der Waals surface area contributed by atoms with Crippen molar-refractivity contribution in [3.8, 4) is 0 Å². The maximum absolute atomic E-state index is 12.5. The van der Waals surface area contributed by atoms with Crippen molar-refractivity contribution in [2.45, 2.75) is 39.2 Å². The van der Waals surface area contributed by atoms with Crippen molar-refractivity contribution >= 4 is 33.2 Å². The number of hydrogen-bond acceptors (Lipinski definition) is 3. The van der Waals surface area contributed by atoms with Crippen molar-refractivity contribution in [3.05, 3.63) is 64.7 Å². The number of nitrogens with zero attached hydrogens (tertiary/aromatic N) is 1. The first-order valence-electron chi connectivity index (χ1n) is 9.01. The van der Waals surface area contributed by atoms with Gasteiger partial charge in [0.15, 0.2) is 0 Å². The van der Waals surface area contributed by atoms with Crippen molar-refractivity contribution < 1.29 is 13.2 Å². The highest BCUT2D eigenvalue weighted by Gasteiger charge is 2.23. The van der Waals surface area contributed by atoms with Crippen LogP contribution in [0.2, 0.25) is 5.02 Å². The number of benzene rings is 2. The summed E-state index contributed by atoms with van der Waals surface area (Å²) in [4.78, 5) is 12.5. The van der Waals surface area contributed by atoms with E-state index in [1.807, 2.05) is 31.2 Å². The minimum Gasteiger partial charge on any atom is -0.348 e. The van der Waals surface area contributed by atoms with Crippen molar-refractivity contribution in [2.75, 3.05) is 17.1 Å². The zero-order valence-electron chi connectivity index (χ0n) is 16.9. The van der Waals surface area contributed by atoms with Gasteiger partial charge in [0.2, 0.25) is 15.9 Å². The number of halogens is 1. The third-order valence-corrected chi connectivity index (χ3v) is 5.91. The SMILES string of the molecule is C[C@H](NC(=O)CN(c1ccccc1Cl)S(C)(=O)=O)c1ccc(C(C)(C)C)cc1. The van der Waals surface area contributed by atoms with Crippen LogP contribution in [-0.4, -0.2) is 27.1 Å². The number of hydrogen-bond donors (Lipinski definition) is 1. The fourth-order valence-corrected chi connectivity index (χ4v) is 3.96. The normalized spacial score (nSPS) is 13.1. The van der Waals surface area contributed by atoms with E-state index in [9.17, 15) is 13.2 Å². The van der Waals surface area contributed by atoms with Gasteiger partial charge in [0.05, 0.1) is 23.0 Å². The number of anilines is 1. The number of nitrogens with one attached hydrogen (secondary N) is 1. The molecule has 28 heavy (non-hydrogen) atoms. The van der Waals surface area contributed by atoms with Gasteiger partial charge in [-0.05, 0) is 35.6 Å². The molecule has 0 bridgehead atoms. The first-order chi connectivity index (χ1) is 12.9. The molecule has 0 aliphatic carbocycles. The van der Waals surface area contributed by atoms with E-state index in [1.165, 1.54) is 5.56 Å². The smallest absolute Gasteiger partial charge is 0.241 e. The highest BCUT2D eigenvalue weighted by Crippen LogP contribution is 2.27. The van der Waals surface area contributed by atoms with Gasteiger partial charge in [0.1, 0.15) is 6.54 Å². The van der Waals surface area contributed by atoms with Gasteiger partial charge in [-0.3, -0.25) is 9.10 Å². The maximum atomic E-state index is 12.5. The average Bonchev–Trinajstić information content (AvgIpc) is 2.59. The summed E-state index contributed by atoms with van der Waals surface area (Å²) in [5, 5.41) is 3.13. The van der Waals surface area contributed by atoms with Crippen molar-refractivity contribution in [2.24, 2.45) is 0 Å². The summed E-state index contributed by atoms with van der Waals surface area (Å²) in [6.45, 7) is 7.95. The molecular weight excluding hydrogens is 396 g/mol. The van der Waals surface area contributed by atoms with Crippen LogP contribution in [0.3, 0.4) is 0 Å². The molecule has 2 aromatic rings. The van der Waals surface area contributed by atoms with E-state index in [-0.39, 0.29) is 28.7 Å². The van der Waals surface area contributed by atoms with E-state index in [1.54, 1.807) is 24.3 Å². The molecule has 0 aromatic heterocycles. The summed E-state index contributed by atoms with van der Waals surface area (Å²) in [5.74, 6) is -0.405. The molecule has 0 heterocycles. The highest BCUT2D eigenvalue weighted by atomic mass is 35.5. The third-order valence-electron chi connectivity index (χ3n) is 4.46. The molecule has 152 valence electrons. The molecular formula is C21H27ClN2O3S. The lowest BCUT2D eigenvalue weighted by Gasteiger charge is -2.24.